The van der Waals surface area contributed by atoms with Crippen molar-refractivity contribution in [1.82, 2.24) is 0 Å². The van der Waals surface area contributed by atoms with E-state index in [0.717, 1.165) is 0 Å². The molecule has 0 unspecified atom stereocenters. The Labute approximate surface area is 205 Å². The molecule has 0 aromatic carbocycles. The van der Waals surface area contributed by atoms with Gasteiger partial charge in [-0.15, -0.1) is 0 Å². The predicted molar refractivity (Wildman–Crippen MR) is 140 cm³/mol. The third kappa shape index (κ3) is 26.2. The van der Waals surface area contributed by atoms with Gasteiger partial charge in [-0.1, -0.05) is 53.4 Å². The number of unbranched alkanes of at least 4 members (excludes halogenated alkanes) is 4. The van der Waals surface area contributed by atoms with Crippen LogP contribution in [-0.2, 0) is 23.7 Å². The van der Waals surface area contributed by atoms with Gasteiger partial charge in [0.25, 0.3) is 0 Å². The summed E-state index contributed by atoms with van der Waals surface area (Å²) in [5.41, 5.74) is 0. The normalized spacial score (nSPS) is 11.3. The van der Waals surface area contributed by atoms with Crippen molar-refractivity contribution < 1.29 is 28.8 Å². The molecular formula is C26H55O6P. The lowest BCUT2D eigenvalue weighted by Crippen LogP contribution is -2.24. The third-order valence-corrected chi connectivity index (χ3v) is 10.6. The first-order chi connectivity index (χ1) is 16.0. The Kier molecular flexibility index (Phi) is 29.6. The van der Waals surface area contributed by atoms with E-state index in [1.165, 1.54) is 51.4 Å². The summed E-state index contributed by atoms with van der Waals surface area (Å²) in [4.78, 5) is 10.0. The van der Waals surface area contributed by atoms with Gasteiger partial charge in [0.2, 0.25) is 0 Å². The Morgan fingerprint density at radius 2 is 0.939 bits per heavy atom. The van der Waals surface area contributed by atoms with Crippen molar-refractivity contribution in [3.05, 3.63) is 0 Å². The van der Waals surface area contributed by atoms with Crippen molar-refractivity contribution in [1.29, 1.82) is 0 Å². The minimum atomic E-state index is -1.10. The second-order valence-electron chi connectivity index (χ2n) is 8.60. The number of carboxylic acid groups (broad SMARTS) is 1. The zero-order valence-electron chi connectivity index (χ0n) is 22.5. The SMILES string of the molecule is CCCC[P+](CCCC)(CCCC)CCCC.COCCOCCOCCOCCC(=O)[O-]. The quantitative estimate of drug-likeness (QED) is 0.138. The molecule has 0 amide bonds. The summed E-state index contributed by atoms with van der Waals surface area (Å²) < 4.78 is 20.1. The van der Waals surface area contributed by atoms with E-state index >= 15 is 0 Å². The maximum absolute atomic E-state index is 10.0. The zero-order chi connectivity index (χ0) is 25.0. The summed E-state index contributed by atoms with van der Waals surface area (Å²) >= 11 is 0. The van der Waals surface area contributed by atoms with E-state index in [1.807, 2.05) is 0 Å². The fourth-order valence-electron chi connectivity index (χ4n) is 3.48. The van der Waals surface area contributed by atoms with Crippen LogP contribution in [0.2, 0.25) is 0 Å². The maximum atomic E-state index is 10.0. The summed E-state index contributed by atoms with van der Waals surface area (Å²) in [6.07, 6.45) is 17.9. The first-order valence-electron chi connectivity index (χ1n) is 13.3. The lowest BCUT2D eigenvalue weighted by molar-refractivity contribution is -0.306. The molecule has 7 heteroatoms. The second kappa shape index (κ2) is 28.0. The molecule has 0 atom stereocenters. The molecular weight excluding hydrogens is 439 g/mol. The Morgan fingerprint density at radius 1 is 0.606 bits per heavy atom. The van der Waals surface area contributed by atoms with Crippen molar-refractivity contribution in [2.75, 3.05) is 78.0 Å². The number of hydrogen-bond acceptors (Lipinski definition) is 6. The molecule has 0 saturated heterocycles. The molecule has 33 heavy (non-hydrogen) atoms. The van der Waals surface area contributed by atoms with Gasteiger partial charge in [-0.2, -0.15) is 0 Å². The maximum Gasteiger partial charge on any atom is 0.0701 e. The standard InChI is InChI=1S/C16H36P.C10H20O6/c1-5-9-13-17(14-10-6-2,15-11-7-3)16-12-8-4;1-13-4-5-15-8-9-16-7-6-14-3-2-10(11)12/h5-16H2,1-4H3;2-9H2,1H3,(H,11,12)/q+1;/p-1. The highest BCUT2D eigenvalue weighted by molar-refractivity contribution is 7.75. The first kappa shape index (κ1) is 34.9. The number of methoxy groups -OCH3 is 1. The molecule has 0 heterocycles. The molecule has 0 aromatic heterocycles. The number of ether oxygens (including phenoxy) is 4. The van der Waals surface area contributed by atoms with Crippen LogP contribution in [0.1, 0.15) is 85.5 Å². The molecule has 0 rings (SSSR count). The van der Waals surface area contributed by atoms with E-state index in [-0.39, 0.29) is 13.0 Å². The van der Waals surface area contributed by atoms with Crippen LogP contribution < -0.4 is 5.11 Å². The molecule has 6 nitrogen and oxygen atoms in total. The van der Waals surface area contributed by atoms with Gasteiger partial charge in [-0.3, -0.25) is 0 Å². The predicted octanol–water partition coefficient (Wildman–Crippen LogP) is 5.03. The topological polar surface area (TPSA) is 77.0 Å². The van der Waals surface area contributed by atoms with Gasteiger partial charge in [-0.05, 0) is 25.7 Å². The number of carbonyl (C=O) groups is 1. The van der Waals surface area contributed by atoms with Crippen LogP contribution in [0, 0.1) is 0 Å². The van der Waals surface area contributed by atoms with Gasteiger partial charge >= 0.3 is 0 Å². The van der Waals surface area contributed by atoms with Crippen molar-refractivity contribution in [2.24, 2.45) is 0 Å². The summed E-state index contributed by atoms with van der Waals surface area (Å²) in [6.45, 7) is 12.5. The molecule has 0 aromatic rings. The van der Waals surface area contributed by atoms with Crippen molar-refractivity contribution in [3.63, 3.8) is 0 Å². The summed E-state index contributed by atoms with van der Waals surface area (Å²) in [5.74, 6) is -1.10. The Hall–Kier alpha value is -0.260. The number of carboxylic acids is 1. The van der Waals surface area contributed by atoms with Crippen LogP contribution in [0.3, 0.4) is 0 Å². The summed E-state index contributed by atoms with van der Waals surface area (Å²) in [5, 5.41) is 10.0. The molecule has 200 valence electrons. The number of aliphatic carboxylic acids is 1. The molecule has 0 fully saturated rings. The second-order valence-corrected chi connectivity index (χ2v) is 13.1. The lowest BCUT2D eigenvalue weighted by Gasteiger charge is -2.28. The van der Waals surface area contributed by atoms with Crippen LogP contribution >= 0.6 is 7.26 Å². The zero-order valence-corrected chi connectivity index (χ0v) is 23.4. The van der Waals surface area contributed by atoms with Crippen LogP contribution in [0.5, 0.6) is 0 Å². The van der Waals surface area contributed by atoms with E-state index in [9.17, 15) is 9.90 Å². The molecule has 0 saturated carbocycles. The monoisotopic (exact) mass is 494 g/mol. The highest BCUT2D eigenvalue weighted by Crippen LogP contribution is 2.61. The van der Waals surface area contributed by atoms with Crippen LogP contribution in [0.25, 0.3) is 0 Å². The number of hydrogen-bond donors (Lipinski definition) is 0. The van der Waals surface area contributed by atoms with E-state index < -0.39 is 13.2 Å². The molecule has 0 N–H and O–H groups in total. The van der Waals surface area contributed by atoms with Gasteiger partial charge in [-0.25, -0.2) is 0 Å². The molecule has 0 spiro atoms. The highest BCUT2D eigenvalue weighted by atomic mass is 31.2. The minimum absolute atomic E-state index is 0.0832. The van der Waals surface area contributed by atoms with Crippen molar-refractivity contribution >= 4 is 13.2 Å². The molecule has 0 aliphatic rings. The van der Waals surface area contributed by atoms with Gasteiger partial charge in [0, 0.05) is 26.8 Å². The van der Waals surface area contributed by atoms with Crippen molar-refractivity contribution in [2.45, 2.75) is 85.5 Å². The van der Waals surface area contributed by atoms with E-state index in [0.29, 0.717) is 39.6 Å². The fraction of sp³-hybridized carbons (Fsp3) is 0.962. The smallest absolute Gasteiger partial charge is 0.0701 e. The molecule has 0 aliphatic heterocycles. The Balaban J connectivity index is 0. The molecule has 0 radical (unpaired) electrons. The van der Waals surface area contributed by atoms with Crippen LogP contribution in [0.15, 0.2) is 0 Å². The minimum Gasteiger partial charge on any atom is -0.550 e. The van der Waals surface area contributed by atoms with Gasteiger partial charge < -0.3 is 28.8 Å². The average molecular weight is 495 g/mol. The largest absolute Gasteiger partial charge is 0.550 e. The average Bonchev–Trinajstić information content (AvgIpc) is 2.82. The number of rotatable bonds is 24. The molecule has 0 bridgehead atoms. The van der Waals surface area contributed by atoms with Gasteiger partial charge in [0.15, 0.2) is 0 Å². The fourth-order valence-corrected chi connectivity index (χ4v) is 8.77. The third-order valence-electron chi connectivity index (χ3n) is 5.57. The van der Waals surface area contributed by atoms with E-state index in [4.69, 9.17) is 18.9 Å². The summed E-state index contributed by atoms with van der Waals surface area (Å²) in [7, 11) is 1.05. The highest BCUT2D eigenvalue weighted by Gasteiger charge is 2.34. The molecule has 0 aliphatic carbocycles. The van der Waals surface area contributed by atoms with Gasteiger partial charge in [0.1, 0.15) is 0 Å². The Morgan fingerprint density at radius 3 is 1.24 bits per heavy atom. The lowest BCUT2D eigenvalue weighted by atomic mass is 10.4. The Bertz CT molecular complexity index is 357. The van der Waals surface area contributed by atoms with E-state index in [2.05, 4.69) is 27.7 Å². The van der Waals surface area contributed by atoms with Gasteiger partial charge in [0.05, 0.1) is 70.9 Å². The van der Waals surface area contributed by atoms with Crippen molar-refractivity contribution in [3.8, 4) is 0 Å². The van der Waals surface area contributed by atoms with Crippen LogP contribution in [0.4, 0.5) is 0 Å². The number of carbonyl (C=O) groups excluding carboxylic acids is 1. The summed E-state index contributed by atoms with van der Waals surface area (Å²) in [6, 6.07) is 0. The first-order valence-corrected chi connectivity index (χ1v) is 15.8. The van der Waals surface area contributed by atoms with Crippen LogP contribution in [-0.4, -0.2) is 84.0 Å². The van der Waals surface area contributed by atoms with E-state index in [1.54, 1.807) is 31.8 Å².